The van der Waals surface area contributed by atoms with E-state index in [2.05, 4.69) is 54.2 Å². The van der Waals surface area contributed by atoms with Crippen molar-refractivity contribution in [2.75, 3.05) is 0 Å². The maximum atomic E-state index is 3.81. The largest absolute Gasteiger partial charge is 0.147 e. The Morgan fingerprint density at radius 2 is 1.87 bits per heavy atom. The van der Waals surface area contributed by atoms with Gasteiger partial charge in [0.1, 0.15) is 0 Å². The van der Waals surface area contributed by atoms with E-state index in [0.717, 1.165) is 0 Å². The summed E-state index contributed by atoms with van der Waals surface area (Å²) in [5, 5.41) is 2.16. The first-order chi connectivity index (χ1) is 7.09. The van der Waals surface area contributed by atoms with Crippen LogP contribution < -0.4 is 0 Å². The minimum Gasteiger partial charge on any atom is -0.147 e. The first-order valence-corrected chi connectivity index (χ1v) is 7.45. The first kappa shape index (κ1) is 11.4. The van der Waals surface area contributed by atoms with Gasteiger partial charge >= 0.3 is 0 Å². The van der Waals surface area contributed by atoms with Gasteiger partial charge in [-0.3, -0.25) is 0 Å². The fourth-order valence-electron chi connectivity index (χ4n) is 1.67. The number of rotatable bonds is 2. The normalized spacial score (nSPS) is 13.1. The van der Waals surface area contributed by atoms with Crippen molar-refractivity contribution in [3.05, 3.63) is 43.3 Å². The minimum atomic E-state index is 0.371. The molecule has 2 aromatic rings. The average Bonchev–Trinajstić information content (AvgIpc) is 2.71. The van der Waals surface area contributed by atoms with Gasteiger partial charge in [-0.05, 0) is 49.4 Å². The van der Waals surface area contributed by atoms with Gasteiger partial charge in [-0.2, -0.15) is 0 Å². The molecule has 15 heavy (non-hydrogen) atoms. The van der Waals surface area contributed by atoms with E-state index in [-0.39, 0.29) is 0 Å². The lowest BCUT2D eigenvalue weighted by Gasteiger charge is -2.08. The van der Waals surface area contributed by atoms with Crippen molar-refractivity contribution in [3.63, 3.8) is 0 Å². The lowest BCUT2D eigenvalue weighted by Crippen LogP contribution is -1.89. The van der Waals surface area contributed by atoms with Crippen molar-refractivity contribution in [2.24, 2.45) is 0 Å². The standard InChI is InChI=1S/C12H13BrS2/c1-7-4-5-14-11(7)10(13)12-8(2)6-9(3)15-12/h4-6,10H,1-3H3. The van der Waals surface area contributed by atoms with Crippen LogP contribution in [0.5, 0.6) is 0 Å². The van der Waals surface area contributed by atoms with E-state index in [1.165, 1.54) is 25.8 Å². The van der Waals surface area contributed by atoms with Crippen LogP contribution >= 0.6 is 38.6 Å². The van der Waals surface area contributed by atoms with Crippen molar-refractivity contribution >= 4 is 38.6 Å². The van der Waals surface area contributed by atoms with Gasteiger partial charge in [-0.15, -0.1) is 22.7 Å². The first-order valence-electron chi connectivity index (χ1n) is 4.84. The van der Waals surface area contributed by atoms with Crippen LogP contribution in [0, 0.1) is 20.8 Å². The van der Waals surface area contributed by atoms with Crippen LogP contribution in [0.2, 0.25) is 0 Å². The summed E-state index contributed by atoms with van der Waals surface area (Å²) in [5.41, 5.74) is 2.78. The van der Waals surface area contributed by atoms with Crippen molar-refractivity contribution < 1.29 is 0 Å². The van der Waals surface area contributed by atoms with Crippen LogP contribution in [0.4, 0.5) is 0 Å². The van der Waals surface area contributed by atoms with Crippen molar-refractivity contribution in [3.8, 4) is 0 Å². The molecule has 0 N–H and O–H groups in total. The molecule has 0 aliphatic heterocycles. The SMILES string of the molecule is Cc1cc(C)c(C(Br)c2sccc2C)s1. The van der Waals surface area contributed by atoms with E-state index in [1.54, 1.807) is 0 Å². The molecule has 1 atom stereocenters. The Balaban J connectivity index is 2.40. The molecule has 0 bridgehead atoms. The van der Waals surface area contributed by atoms with Gasteiger partial charge in [-0.1, -0.05) is 15.9 Å². The molecular weight excluding hydrogens is 288 g/mol. The fourth-order valence-corrected chi connectivity index (χ4v) is 5.01. The number of alkyl halides is 1. The molecule has 1 unspecified atom stereocenters. The van der Waals surface area contributed by atoms with E-state index >= 15 is 0 Å². The Morgan fingerprint density at radius 3 is 2.33 bits per heavy atom. The topological polar surface area (TPSA) is 0 Å². The second-order valence-corrected chi connectivity index (χ2v) is 6.89. The molecule has 0 aliphatic carbocycles. The molecule has 0 spiro atoms. The van der Waals surface area contributed by atoms with Gasteiger partial charge < -0.3 is 0 Å². The summed E-state index contributed by atoms with van der Waals surface area (Å²) in [6.45, 7) is 6.54. The maximum Gasteiger partial charge on any atom is 0.0836 e. The third-order valence-corrected chi connectivity index (χ3v) is 6.26. The zero-order chi connectivity index (χ0) is 11.0. The van der Waals surface area contributed by atoms with Crippen LogP contribution in [0.1, 0.15) is 30.6 Å². The lowest BCUT2D eigenvalue weighted by molar-refractivity contribution is 1.21. The quantitative estimate of drug-likeness (QED) is 0.667. The highest BCUT2D eigenvalue weighted by molar-refractivity contribution is 9.09. The number of thiophene rings is 2. The predicted molar refractivity (Wildman–Crippen MR) is 73.6 cm³/mol. The van der Waals surface area contributed by atoms with Crippen molar-refractivity contribution in [1.29, 1.82) is 0 Å². The summed E-state index contributed by atoms with van der Waals surface area (Å²) in [6, 6.07) is 4.45. The summed E-state index contributed by atoms with van der Waals surface area (Å²) in [6.07, 6.45) is 0. The maximum absolute atomic E-state index is 3.81. The van der Waals surface area contributed by atoms with Crippen LogP contribution in [0.15, 0.2) is 17.5 Å². The molecule has 80 valence electrons. The molecule has 0 amide bonds. The van der Waals surface area contributed by atoms with Gasteiger partial charge in [0.15, 0.2) is 0 Å². The van der Waals surface area contributed by atoms with E-state index in [9.17, 15) is 0 Å². The van der Waals surface area contributed by atoms with Crippen LogP contribution in [0.3, 0.4) is 0 Å². The highest BCUT2D eigenvalue weighted by Gasteiger charge is 2.17. The number of hydrogen-bond acceptors (Lipinski definition) is 2. The molecular formula is C12H13BrS2. The molecule has 2 aromatic heterocycles. The summed E-state index contributed by atoms with van der Waals surface area (Å²) in [7, 11) is 0. The summed E-state index contributed by atoms with van der Waals surface area (Å²) < 4.78 is 0. The van der Waals surface area contributed by atoms with Crippen LogP contribution in [-0.2, 0) is 0 Å². The van der Waals surface area contributed by atoms with E-state index < -0.39 is 0 Å². The van der Waals surface area contributed by atoms with Crippen molar-refractivity contribution in [1.82, 2.24) is 0 Å². The zero-order valence-electron chi connectivity index (χ0n) is 9.00. The summed E-state index contributed by atoms with van der Waals surface area (Å²) in [5.74, 6) is 0. The van der Waals surface area contributed by atoms with Gasteiger partial charge in [-0.25, -0.2) is 0 Å². The number of halogens is 1. The fraction of sp³-hybridized carbons (Fsp3) is 0.333. The Bertz CT molecular complexity index is 468. The Kier molecular flexibility index (Phi) is 3.33. The van der Waals surface area contributed by atoms with Gasteiger partial charge in [0.2, 0.25) is 0 Å². The van der Waals surface area contributed by atoms with Crippen LogP contribution in [-0.4, -0.2) is 0 Å². The van der Waals surface area contributed by atoms with Crippen molar-refractivity contribution in [2.45, 2.75) is 25.6 Å². The van der Waals surface area contributed by atoms with Gasteiger partial charge in [0.25, 0.3) is 0 Å². The molecule has 2 rings (SSSR count). The molecule has 0 aliphatic rings. The molecule has 0 saturated heterocycles. The molecule has 0 aromatic carbocycles. The molecule has 0 saturated carbocycles. The summed E-state index contributed by atoms with van der Waals surface area (Å²) >= 11 is 7.53. The predicted octanol–water partition coefficient (Wildman–Crippen LogP) is 5.22. The third kappa shape index (κ3) is 2.19. The van der Waals surface area contributed by atoms with Gasteiger partial charge in [0, 0.05) is 14.6 Å². The van der Waals surface area contributed by atoms with Gasteiger partial charge in [0.05, 0.1) is 4.83 Å². The van der Waals surface area contributed by atoms with E-state index in [0.29, 0.717) is 4.83 Å². The lowest BCUT2D eigenvalue weighted by atomic mass is 10.1. The minimum absolute atomic E-state index is 0.371. The van der Waals surface area contributed by atoms with Crippen LogP contribution in [0.25, 0.3) is 0 Å². The Morgan fingerprint density at radius 1 is 1.13 bits per heavy atom. The van der Waals surface area contributed by atoms with E-state index in [1.807, 2.05) is 22.7 Å². The smallest absolute Gasteiger partial charge is 0.0836 e. The Labute approximate surface area is 107 Å². The molecule has 2 heterocycles. The number of hydrogen-bond donors (Lipinski definition) is 0. The Hall–Kier alpha value is -0.120. The zero-order valence-corrected chi connectivity index (χ0v) is 12.2. The highest BCUT2D eigenvalue weighted by atomic mass is 79.9. The average molecular weight is 301 g/mol. The highest BCUT2D eigenvalue weighted by Crippen LogP contribution is 2.41. The molecule has 3 heteroatoms. The second kappa shape index (κ2) is 4.40. The van der Waals surface area contributed by atoms with E-state index in [4.69, 9.17) is 0 Å². The second-order valence-electron chi connectivity index (χ2n) is 3.73. The molecule has 0 nitrogen and oxygen atoms in total. The number of aryl methyl sites for hydroxylation is 3. The molecule has 0 fully saturated rings. The monoisotopic (exact) mass is 300 g/mol. The summed E-state index contributed by atoms with van der Waals surface area (Å²) in [4.78, 5) is 4.63. The third-order valence-electron chi connectivity index (χ3n) is 2.44. The molecule has 0 radical (unpaired) electrons.